The molecule has 2 rings (SSSR count). The number of thioether (sulfide) groups is 1. The smallest absolute Gasteiger partial charge is 0.293 e. The highest BCUT2D eigenvalue weighted by Crippen LogP contribution is 2.19. The summed E-state index contributed by atoms with van der Waals surface area (Å²) in [5, 5.41) is 8.75. The van der Waals surface area contributed by atoms with Crippen LogP contribution < -0.4 is 11.1 Å². The van der Waals surface area contributed by atoms with Crippen molar-refractivity contribution in [2.45, 2.75) is 4.90 Å². The number of rotatable bonds is 3. The molecule has 0 unspecified atom stereocenters. The molecule has 0 saturated carbocycles. The number of hydrogen-bond donors (Lipinski definition) is 3. The number of anilines is 2. The van der Waals surface area contributed by atoms with E-state index in [-0.39, 0.29) is 17.7 Å². The first-order valence-corrected chi connectivity index (χ1v) is 6.05. The van der Waals surface area contributed by atoms with Gasteiger partial charge in [0.05, 0.1) is 0 Å². The molecule has 0 bridgehead atoms. The molecule has 88 valence electrons. The molecule has 0 radical (unpaired) electrons. The van der Waals surface area contributed by atoms with Crippen molar-refractivity contribution < 1.29 is 4.79 Å². The van der Waals surface area contributed by atoms with Gasteiger partial charge in [0, 0.05) is 10.6 Å². The number of aromatic amines is 1. The summed E-state index contributed by atoms with van der Waals surface area (Å²) in [6, 6.07) is 7.52. The predicted molar refractivity (Wildman–Crippen MR) is 67.0 cm³/mol. The second kappa shape index (κ2) is 4.88. The van der Waals surface area contributed by atoms with E-state index in [1.165, 1.54) is 0 Å². The molecule has 7 heteroatoms. The van der Waals surface area contributed by atoms with Gasteiger partial charge in [0.15, 0.2) is 0 Å². The lowest BCUT2D eigenvalue weighted by atomic mass is 10.3. The molecule has 1 amide bonds. The molecule has 1 aromatic carbocycles. The number of carbonyl (C=O) groups is 1. The number of amides is 1. The summed E-state index contributed by atoms with van der Waals surface area (Å²) in [6.07, 6.45) is 1.97. The van der Waals surface area contributed by atoms with E-state index in [1.807, 2.05) is 24.5 Å². The molecule has 2 aromatic rings. The standard InChI is InChI=1S/C10H11N5OS/c1-17-7-4-2-3-6(5-7)12-9(16)8-13-10(11)15-14-8/h2-5H,1H3,(H,12,16)(H3,11,13,14,15). The number of benzene rings is 1. The summed E-state index contributed by atoms with van der Waals surface area (Å²) in [6.45, 7) is 0. The maximum absolute atomic E-state index is 11.7. The number of nitrogens with zero attached hydrogens (tertiary/aromatic N) is 2. The fraction of sp³-hybridized carbons (Fsp3) is 0.100. The molecular weight excluding hydrogens is 238 g/mol. The zero-order valence-electron chi connectivity index (χ0n) is 9.10. The van der Waals surface area contributed by atoms with E-state index in [2.05, 4.69) is 20.5 Å². The number of nitrogens with two attached hydrogens (primary N) is 1. The van der Waals surface area contributed by atoms with Crippen LogP contribution in [0.4, 0.5) is 11.6 Å². The van der Waals surface area contributed by atoms with Gasteiger partial charge in [-0.1, -0.05) is 6.07 Å². The molecule has 1 aromatic heterocycles. The van der Waals surface area contributed by atoms with Crippen LogP contribution in [0, 0.1) is 0 Å². The third kappa shape index (κ3) is 2.76. The first-order chi connectivity index (χ1) is 8.19. The van der Waals surface area contributed by atoms with Crippen molar-refractivity contribution in [3.8, 4) is 0 Å². The fourth-order valence-electron chi connectivity index (χ4n) is 1.27. The van der Waals surface area contributed by atoms with Gasteiger partial charge in [0.1, 0.15) is 0 Å². The number of aromatic nitrogens is 3. The quantitative estimate of drug-likeness (QED) is 0.714. The molecule has 0 aliphatic rings. The molecule has 1 heterocycles. The van der Waals surface area contributed by atoms with Crippen LogP contribution in [0.2, 0.25) is 0 Å². The van der Waals surface area contributed by atoms with E-state index in [0.29, 0.717) is 5.69 Å². The van der Waals surface area contributed by atoms with Gasteiger partial charge in [-0.25, -0.2) is 0 Å². The Labute approximate surface area is 102 Å². The minimum Gasteiger partial charge on any atom is -0.366 e. The Balaban J connectivity index is 2.12. The Bertz CT molecular complexity index is 539. The number of nitrogen functional groups attached to an aromatic ring is 1. The molecule has 0 saturated heterocycles. The summed E-state index contributed by atoms with van der Waals surface area (Å²) in [7, 11) is 0. The number of carbonyl (C=O) groups excluding carboxylic acids is 1. The minimum absolute atomic E-state index is 0.0491. The van der Waals surface area contributed by atoms with Crippen LogP contribution >= 0.6 is 11.8 Å². The summed E-state index contributed by atoms with van der Waals surface area (Å²) in [5.41, 5.74) is 6.02. The zero-order valence-corrected chi connectivity index (χ0v) is 9.91. The Morgan fingerprint density at radius 1 is 1.53 bits per heavy atom. The van der Waals surface area contributed by atoms with Crippen LogP contribution in [0.25, 0.3) is 0 Å². The van der Waals surface area contributed by atoms with Crippen LogP contribution in [-0.2, 0) is 0 Å². The SMILES string of the molecule is CSc1cccc(NC(=O)c2nc(N)n[nH]2)c1. The van der Waals surface area contributed by atoms with Gasteiger partial charge in [-0.15, -0.1) is 16.9 Å². The second-order valence-corrected chi connectivity index (χ2v) is 4.11. The molecule has 0 fully saturated rings. The summed E-state index contributed by atoms with van der Waals surface area (Å²) in [4.78, 5) is 16.5. The van der Waals surface area contributed by atoms with Crippen molar-refractivity contribution in [3.63, 3.8) is 0 Å². The summed E-state index contributed by atoms with van der Waals surface area (Å²) < 4.78 is 0. The van der Waals surface area contributed by atoms with Crippen molar-refractivity contribution in [2.24, 2.45) is 0 Å². The largest absolute Gasteiger partial charge is 0.366 e. The van der Waals surface area contributed by atoms with Crippen molar-refractivity contribution in [1.82, 2.24) is 15.2 Å². The Morgan fingerprint density at radius 2 is 2.35 bits per heavy atom. The topological polar surface area (TPSA) is 96.7 Å². The normalized spacial score (nSPS) is 10.2. The zero-order chi connectivity index (χ0) is 12.3. The Kier molecular flexibility index (Phi) is 3.29. The molecular formula is C10H11N5OS. The van der Waals surface area contributed by atoms with E-state index in [0.717, 1.165) is 4.90 Å². The first kappa shape index (κ1) is 11.5. The number of hydrogen-bond acceptors (Lipinski definition) is 5. The van der Waals surface area contributed by atoms with Crippen molar-refractivity contribution in [2.75, 3.05) is 17.3 Å². The summed E-state index contributed by atoms with van der Waals surface area (Å²) in [5.74, 6) is -0.225. The van der Waals surface area contributed by atoms with E-state index in [1.54, 1.807) is 17.8 Å². The summed E-state index contributed by atoms with van der Waals surface area (Å²) >= 11 is 1.60. The van der Waals surface area contributed by atoms with E-state index in [4.69, 9.17) is 5.73 Å². The van der Waals surface area contributed by atoms with Crippen molar-refractivity contribution >= 4 is 29.3 Å². The third-order valence-corrected chi connectivity index (χ3v) is 2.77. The van der Waals surface area contributed by atoms with Crippen LogP contribution in [0.1, 0.15) is 10.6 Å². The molecule has 0 aliphatic carbocycles. The van der Waals surface area contributed by atoms with Crippen LogP contribution in [0.5, 0.6) is 0 Å². The molecule has 0 spiro atoms. The van der Waals surface area contributed by atoms with Crippen LogP contribution in [0.15, 0.2) is 29.2 Å². The highest BCUT2D eigenvalue weighted by atomic mass is 32.2. The lowest BCUT2D eigenvalue weighted by molar-refractivity contribution is 0.101. The van der Waals surface area contributed by atoms with E-state index < -0.39 is 0 Å². The number of H-pyrrole nitrogens is 1. The van der Waals surface area contributed by atoms with Gasteiger partial charge < -0.3 is 11.1 Å². The Morgan fingerprint density at radius 3 is 3.00 bits per heavy atom. The van der Waals surface area contributed by atoms with Crippen molar-refractivity contribution in [3.05, 3.63) is 30.1 Å². The monoisotopic (exact) mass is 249 g/mol. The average Bonchev–Trinajstić information content (AvgIpc) is 2.76. The van der Waals surface area contributed by atoms with Gasteiger partial charge in [0.2, 0.25) is 11.8 Å². The van der Waals surface area contributed by atoms with Crippen LogP contribution in [-0.4, -0.2) is 27.3 Å². The van der Waals surface area contributed by atoms with E-state index >= 15 is 0 Å². The van der Waals surface area contributed by atoms with Gasteiger partial charge in [-0.2, -0.15) is 4.98 Å². The lowest BCUT2D eigenvalue weighted by Gasteiger charge is -2.04. The molecule has 0 atom stereocenters. The van der Waals surface area contributed by atoms with Gasteiger partial charge >= 0.3 is 0 Å². The van der Waals surface area contributed by atoms with Crippen LogP contribution in [0.3, 0.4) is 0 Å². The molecule has 0 aliphatic heterocycles. The average molecular weight is 249 g/mol. The lowest BCUT2D eigenvalue weighted by Crippen LogP contribution is -2.13. The van der Waals surface area contributed by atoms with Gasteiger partial charge in [-0.3, -0.25) is 9.89 Å². The van der Waals surface area contributed by atoms with Gasteiger partial charge in [-0.05, 0) is 24.5 Å². The fourth-order valence-corrected chi connectivity index (χ4v) is 1.73. The molecule has 4 N–H and O–H groups in total. The number of nitrogens with one attached hydrogen (secondary N) is 2. The third-order valence-electron chi connectivity index (χ3n) is 2.05. The van der Waals surface area contributed by atoms with E-state index in [9.17, 15) is 4.79 Å². The predicted octanol–water partition coefficient (Wildman–Crippen LogP) is 1.36. The minimum atomic E-state index is -0.368. The highest BCUT2D eigenvalue weighted by Gasteiger charge is 2.10. The van der Waals surface area contributed by atoms with Crippen molar-refractivity contribution in [1.29, 1.82) is 0 Å². The maximum atomic E-state index is 11.7. The highest BCUT2D eigenvalue weighted by molar-refractivity contribution is 7.98. The first-order valence-electron chi connectivity index (χ1n) is 4.82. The Hall–Kier alpha value is -2.02. The molecule has 17 heavy (non-hydrogen) atoms. The second-order valence-electron chi connectivity index (χ2n) is 3.23. The molecule has 6 nitrogen and oxygen atoms in total. The maximum Gasteiger partial charge on any atom is 0.293 e. The van der Waals surface area contributed by atoms with Gasteiger partial charge in [0.25, 0.3) is 5.91 Å².